The molecule has 1 aliphatic carbocycles. The predicted molar refractivity (Wildman–Crippen MR) is 122 cm³/mol. The summed E-state index contributed by atoms with van der Waals surface area (Å²) in [5, 5.41) is 13.1. The average molecular weight is 467 g/mol. The fraction of sp³-hybridized carbons (Fsp3) is 0.400. The van der Waals surface area contributed by atoms with Gasteiger partial charge in [-0.2, -0.15) is 18.4 Å². The van der Waals surface area contributed by atoms with Gasteiger partial charge >= 0.3 is 6.18 Å². The van der Waals surface area contributed by atoms with Crippen LogP contribution in [0.5, 0.6) is 0 Å². The van der Waals surface area contributed by atoms with Crippen LogP contribution >= 0.6 is 0 Å². The van der Waals surface area contributed by atoms with Crippen LogP contribution in [0, 0.1) is 18.3 Å². The first kappa shape index (κ1) is 22.4. The highest BCUT2D eigenvalue weighted by Crippen LogP contribution is 2.31. The van der Waals surface area contributed by atoms with Crippen molar-refractivity contribution in [1.29, 1.82) is 5.26 Å². The van der Waals surface area contributed by atoms with Crippen molar-refractivity contribution < 1.29 is 17.6 Å². The molecular weight excluding hydrogens is 443 g/mol. The Morgan fingerprint density at radius 1 is 1.24 bits per heavy atom. The van der Waals surface area contributed by atoms with Gasteiger partial charge in [-0.05, 0) is 54.2 Å². The number of fused-ring (bicyclic) bond motifs is 2. The lowest BCUT2D eigenvalue weighted by atomic mass is 9.97. The van der Waals surface area contributed by atoms with E-state index in [1.165, 1.54) is 34.6 Å². The molecule has 0 atom stereocenters. The van der Waals surface area contributed by atoms with Crippen LogP contribution in [-0.4, -0.2) is 40.2 Å². The summed E-state index contributed by atoms with van der Waals surface area (Å²) in [5.41, 5.74) is 5.88. The Kier molecular flexibility index (Phi) is 5.78. The number of halogens is 3. The number of alkyl halides is 3. The van der Waals surface area contributed by atoms with Gasteiger partial charge in [-0.3, -0.25) is 4.90 Å². The second kappa shape index (κ2) is 8.76. The standard InChI is InChI=1S/C25H24F3N5O/c1-15-18(3-2-17-8-16(12-29)9-21(15)17)13-33-6-4-19(5-7-33)32-23-22-10-20(11-25(26,27)28)34-24(22)31-14-30-23/h2-3,9-10,14,19H,4-8,11,13H2,1H3,(H,30,31,32). The minimum atomic E-state index is -4.34. The molecule has 5 rings (SSSR count). The molecule has 2 aliphatic rings. The summed E-state index contributed by atoms with van der Waals surface area (Å²) in [6, 6.07) is 8.11. The second-order valence-electron chi connectivity index (χ2n) is 9.02. The van der Waals surface area contributed by atoms with E-state index in [1.807, 2.05) is 6.08 Å². The summed E-state index contributed by atoms with van der Waals surface area (Å²) in [6.45, 7) is 4.76. The molecule has 0 bridgehead atoms. The quantitative estimate of drug-likeness (QED) is 0.558. The number of anilines is 1. The summed E-state index contributed by atoms with van der Waals surface area (Å²) >= 11 is 0. The van der Waals surface area contributed by atoms with Crippen LogP contribution < -0.4 is 5.32 Å². The Morgan fingerprint density at radius 2 is 2.03 bits per heavy atom. The van der Waals surface area contributed by atoms with Crippen LogP contribution in [0.2, 0.25) is 0 Å². The van der Waals surface area contributed by atoms with E-state index in [1.54, 1.807) is 0 Å². The number of hydrogen-bond acceptors (Lipinski definition) is 6. The largest absolute Gasteiger partial charge is 0.442 e. The molecule has 0 spiro atoms. The normalized spacial score (nSPS) is 17.0. The minimum absolute atomic E-state index is 0.162. The molecule has 1 fully saturated rings. The molecular formula is C25H24F3N5O. The fourth-order valence-corrected chi connectivity index (χ4v) is 4.83. The number of aromatic nitrogens is 2. The molecule has 6 nitrogen and oxygen atoms in total. The zero-order valence-electron chi connectivity index (χ0n) is 18.7. The van der Waals surface area contributed by atoms with Crippen LogP contribution in [0.15, 0.2) is 34.5 Å². The first-order valence-electron chi connectivity index (χ1n) is 11.3. The molecule has 1 aromatic carbocycles. The minimum Gasteiger partial charge on any atom is -0.442 e. The lowest BCUT2D eigenvalue weighted by molar-refractivity contribution is -0.129. The van der Waals surface area contributed by atoms with Crippen LogP contribution in [0.1, 0.15) is 40.9 Å². The molecule has 0 unspecified atom stereocenters. The second-order valence-corrected chi connectivity index (χ2v) is 9.02. The first-order valence-corrected chi connectivity index (χ1v) is 11.3. The molecule has 0 saturated carbocycles. The van der Waals surface area contributed by atoms with E-state index in [0.29, 0.717) is 17.6 Å². The maximum absolute atomic E-state index is 12.7. The molecule has 0 radical (unpaired) electrons. The van der Waals surface area contributed by atoms with Crippen molar-refractivity contribution in [1.82, 2.24) is 14.9 Å². The smallest absolute Gasteiger partial charge is 0.396 e. The van der Waals surface area contributed by atoms with Gasteiger partial charge < -0.3 is 9.73 Å². The van der Waals surface area contributed by atoms with E-state index in [9.17, 15) is 18.4 Å². The molecule has 34 heavy (non-hydrogen) atoms. The van der Waals surface area contributed by atoms with Gasteiger partial charge in [-0.15, -0.1) is 0 Å². The van der Waals surface area contributed by atoms with Crippen molar-refractivity contribution >= 4 is 23.0 Å². The number of nitrogens with one attached hydrogen (secondary N) is 1. The molecule has 1 saturated heterocycles. The number of furan rings is 1. The Labute approximate surface area is 195 Å². The molecule has 3 aromatic rings. The Hall–Kier alpha value is -3.38. The number of nitrogens with zero attached hydrogens (tertiary/aromatic N) is 4. The zero-order chi connectivity index (χ0) is 23.9. The Bertz CT molecular complexity index is 1300. The molecule has 2 aromatic heterocycles. The van der Waals surface area contributed by atoms with E-state index in [2.05, 4.69) is 45.3 Å². The highest BCUT2D eigenvalue weighted by Gasteiger charge is 2.30. The third kappa shape index (κ3) is 4.64. The van der Waals surface area contributed by atoms with Gasteiger partial charge in [0, 0.05) is 37.7 Å². The number of nitriles is 1. The zero-order valence-corrected chi connectivity index (χ0v) is 18.7. The molecule has 1 aliphatic heterocycles. The van der Waals surface area contributed by atoms with Crippen molar-refractivity contribution in [3.8, 4) is 6.07 Å². The van der Waals surface area contributed by atoms with Crippen molar-refractivity contribution in [2.75, 3.05) is 18.4 Å². The summed E-state index contributed by atoms with van der Waals surface area (Å²) in [7, 11) is 0. The Balaban J connectivity index is 1.22. The summed E-state index contributed by atoms with van der Waals surface area (Å²) in [4.78, 5) is 10.6. The van der Waals surface area contributed by atoms with Gasteiger partial charge in [0.15, 0.2) is 0 Å². The van der Waals surface area contributed by atoms with Gasteiger partial charge in [-0.25, -0.2) is 9.97 Å². The average Bonchev–Trinajstić information content (AvgIpc) is 3.40. The van der Waals surface area contributed by atoms with Gasteiger partial charge in [0.25, 0.3) is 0 Å². The van der Waals surface area contributed by atoms with E-state index >= 15 is 0 Å². The van der Waals surface area contributed by atoms with E-state index in [4.69, 9.17) is 4.42 Å². The molecule has 9 heteroatoms. The number of hydrogen-bond donors (Lipinski definition) is 1. The first-order chi connectivity index (χ1) is 16.3. The molecule has 3 heterocycles. The van der Waals surface area contributed by atoms with Crippen molar-refractivity contribution in [3.63, 3.8) is 0 Å². The topological polar surface area (TPSA) is 78.0 Å². The van der Waals surface area contributed by atoms with Crippen molar-refractivity contribution in [2.24, 2.45) is 0 Å². The summed E-state index contributed by atoms with van der Waals surface area (Å²) in [6.07, 6.45) is 0.341. The van der Waals surface area contributed by atoms with Crippen LogP contribution in [0.4, 0.5) is 19.0 Å². The van der Waals surface area contributed by atoms with Gasteiger partial charge in [0.2, 0.25) is 5.71 Å². The third-order valence-electron chi connectivity index (χ3n) is 6.64. The predicted octanol–water partition coefficient (Wildman–Crippen LogP) is 5.18. The van der Waals surface area contributed by atoms with E-state index in [-0.39, 0.29) is 17.5 Å². The highest BCUT2D eigenvalue weighted by atomic mass is 19.4. The third-order valence-corrected chi connectivity index (χ3v) is 6.64. The van der Waals surface area contributed by atoms with Gasteiger partial charge in [-0.1, -0.05) is 12.1 Å². The molecule has 1 N–H and O–H groups in total. The van der Waals surface area contributed by atoms with Crippen LogP contribution in [-0.2, 0) is 19.4 Å². The monoisotopic (exact) mass is 467 g/mol. The lowest BCUT2D eigenvalue weighted by Crippen LogP contribution is -2.39. The van der Waals surface area contributed by atoms with Crippen LogP contribution in [0.3, 0.4) is 0 Å². The molecule has 0 amide bonds. The maximum Gasteiger partial charge on any atom is 0.396 e. The highest BCUT2D eigenvalue weighted by molar-refractivity contribution is 5.86. The maximum atomic E-state index is 12.7. The molecule has 176 valence electrons. The number of allylic oxidation sites excluding steroid dienone is 1. The number of likely N-dealkylation sites (tertiary alicyclic amines) is 1. The van der Waals surface area contributed by atoms with E-state index in [0.717, 1.165) is 38.0 Å². The van der Waals surface area contributed by atoms with Crippen molar-refractivity contribution in [2.45, 2.75) is 51.4 Å². The van der Waals surface area contributed by atoms with Crippen molar-refractivity contribution in [3.05, 3.63) is 58.1 Å². The fourth-order valence-electron chi connectivity index (χ4n) is 4.83. The van der Waals surface area contributed by atoms with Gasteiger partial charge in [0.1, 0.15) is 24.3 Å². The number of piperidine rings is 1. The summed E-state index contributed by atoms with van der Waals surface area (Å²) in [5.74, 6) is 0.345. The van der Waals surface area contributed by atoms with E-state index < -0.39 is 12.6 Å². The van der Waals surface area contributed by atoms with Gasteiger partial charge in [0.05, 0.1) is 11.5 Å². The Morgan fingerprint density at radius 3 is 2.76 bits per heavy atom. The summed E-state index contributed by atoms with van der Waals surface area (Å²) < 4.78 is 43.5. The SMILES string of the molecule is Cc1c(CN2CCC(Nc3ncnc4oc(CC(F)(F)F)cc34)CC2)ccc2c1C=C(C#N)C2. The number of benzene rings is 1. The number of rotatable bonds is 5. The van der Waals surface area contributed by atoms with Crippen LogP contribution in [0.25, 0.3) is 17.2 Å². The lowest BCUT2D eigenvalue weighted by Gasteiger charge is -2.33.